The van der Waals surface area contributed by atoms with Crippen LogP contribution in [0.2, 0.25) is 0 Å². The number of quaternary nitrogens is 1. The third-order valence-electron chi connectivity index (χ3n) is 4.65. The van der Waals surface area contributed by atoms with Crippen molar-refractivity contribution in [3.63, 3.8) is 0 Å². The van der Waals surface area contributed by atoms with Crippen LogP contribution >= 0.6 is 0 Å². The maximum absolute atomic E-state index is 10.3. The zero-order valence-electron chi connectivity index (χ0n) is 16.6. The first-order valence-corrected chi connectivity index (χ1v) is 9.79. The smallest absolute Gasteiger partial charge is 0.126 e. The molecule has 1 aromatic carbocycles. The number of aliphatic hydroxyl groups is 1. The molecule has 0 saturated carbocycles. The van der Waals surface area contributed by atoms with E-state index in [-0.39, 0.29) is 6.61 Å². The van der Waals surface area contributed by atoms with Gasteiger partial charge in [-0.05, 0) is 30.0 Å². The van der Waals surface area contributed by atoms with Crippen LogP contribution in [0.15, 0.2) is 48.7 Å². The highest BCUT2D eigenvalue weighted by molar-refractivity contribution is 5.17. The molecule has 2 N–H and O–H groups in total. The number of hydrogen-bond donors (Lipinski definition) is 2. The fraction of sp³-hybridized carbons (Fsp3) is 0.478. The summed E-state index contributed by atoms with van der Waals surface area (Å²) in [5.74, 6) is 3.08. The number of ether oxygens (including phenoxy) is 1. The molecule has 1 unspecified atom stereocenters. The second kappa shape index (κ2) is 11.6. The summed E-state index contributed by atoms with van der Waals surface area (Å²) >= 11 is 0. The lowest BCUT2D eigenvalue weighted by Crippen LogP contribution is -3.12. The molecule has 0 aliphatic carbocycles. The van der Waals surface area contributed by atoms with E-state index in [4.69, 9.17) is 11.2 Å². The van der Waals surface area contributed by atoms with E-state index >= 15 is 0 Å². The average Bonchev–Trinajstić information content (AvgIpc) is 3.07. The van der Waals surface area contributed by atoms with Gasteiger partial charge in [-0.2, -0.15) is 0 Å². The monoisotopic (exact) mass is 369 g/mol. The Morgan fingerprint density at radius 2 is 1.96 bits per heavy atom. The largest absolute Gasteiger partial charge is 0.385 e. The van der Waals surface area contributed by atoms with Gasteiger partial charge in [0.05, 0.1) is 18.8 Å². The van der Waals surface area contributed by atoms with Crippen LogP contribution < -0.4 is 4.90 Å². The molecule has 0 fully saturated rings. The summed E-state index contributed by atoms with van der Waals surface area (Å²) in [6.07, 6.45) is 7.97. The molecule has 2 atom stereocenters. The van der Waals surface area contributed by atoms with E-state index in [0.717, 1.165) is 26.1 Å². The number of nitrogens with zero attached hydrogens (tertiary/aromatic N) is 1. The van der Waals surface area contributed by atoms with Crippen LogP contribution in [0, 0.1) is 18.3 Å². The van der Waals surface area contributed by atoms with Gasteiger partial charge in [-0.15, -0.1) is 6.42 Å². The SMILES string of the molecule is C#CCOC[C@H](O)C[NH+](CCC(C)C)Cc1cccn1Cc1ccccc1. The van der Waals surface area contributed by atoms with Gasteiger partial charge in [0.1, 0.15) is 25.8 Å². The van der Waals surface area contributed by atoms with Crippen LogP contribution in [0.5, 0.6) is 0 Å². The highest BCUT2D eigenvalue weighted by Gasteiger charge is 2.18. The molecule has 0 aliphatic rings. The number of nitrogens with one attached hydrogen (secondary N) is 1. The Labute approximate surface area is 163 Å². The second-order valence-electron chi connectivity index (χ2n) is 7.55. The van der Waals surface area contributed by atoms with Crippen LogP contribution in [0.1, 0.15) is 31.5 Å². The van der Waals surface area contributed by atoms with Gasteiger partial charge in [0, 0.05) is 12.7 Å². The molecule has 0 bridgehead atoms. The Hall–Kier alpha value is -2.06. The molecule has 0 aliphatic heterocycles. The molecule has 0 saturated heterocycles. The summed E-state index contributed by atoms with van der Waals surface area (Å²) in [5, 5.41) is 10.3. The number of benzene rings is 1. The Balaban J connectivity index is 1.99. The van der Waals surface area contributed by atoms with Gasteiger partial charge in [-0.3, -0.25) is 0 Å². The lowest BCUT2D eigenvalue weighted by molar-refractivity contribution is -0.917. The molecule has 0 spiro atoms. The number of aliphatic hydroxyl groups excluding tert-OH is 1. The number of rotatable bonds is 12. The van der Waals surface area contributed by atoms with Crippen molar-refractivity contribution >= 4 is 0 Å². The molecule has 0 radical (unpaired) electrons. The first-order valence-electron chi connectivity index (χ1n) is 9.79. The van der Waals surface area contributed by atoms with Crippen LogP contribution in [0.25, 0.3) is 0 Å². The summed E-state index contributed by atoms with van der Waals surface area (Å²) in [7, 11) is 0. The van der Waals surface area contributed by atoms with Crippen molar-refractivity contribution in [1.82, 2.24) is 4.57 Å². The van der Waals surface area contributed by atoms with Crippen LogP contribution in [-0.2, 0) is 17.8 Å². The van der Waals surface area contributed by atoms with Crippen LogP contribution in [0.4, 0.5) is 0 Å². The van der Waals surface area contributed by atoms with Gasteiger partial charge in [0.2, 0.25) is 0 Å². The van der Waals surface area contributed by atoms with E-state index < -0.39 is 6.10 Å². The van der Waals surface area contributed by atoms with E-state index in [9.17, 15) is 5.11 Å². The van der Waals surface area contributed by atoms with E-state index in [1.807, 2.05) is 6.07 Å². The summed E-state index contributed by atoms with van der Waals surface area (Å²) in [4.78, 5) is 1.37. The molecular weight excluding hydrogens is 336 g/mol. The summed E-state index contributed by atoms with van der Waals surface area (Å²) in [5.41, 5.74) is 2.58. The van der Waals surface area contributed by atoms with E-state index in [0.29, 0.717) is 19.1 Å². The number of hydrogen-bond acceptors (Lipinski definition) is 2. The molecule has 4 nitrogen and oxygen atoms in total. The zero-order valence-corrected chi connectivity index (χ0v) is 16.6. The van der Waals surface area contributed by atoms with Crippen molar-refractivity contribution in [2.75, 3.05) is 26.3 Å². The standard InChI is InChI=1S/C23H32N2O2/c1-4-15-27-19-23(26)18-24(14-12-20(2)3)17-22-11-8-13-25(22)16-21-9-6-5-7-10-21/h1,5-11,13,20,23,26H,12,14-19H2,2-3H3/p+1/t23-/m1/s1. The van der Waals surface area contributed by atoms with Gasteiger partial charge >= 0.3 is 0 Å². The highest BCUT2D eigenvalue weighted by Crippen LogP contribution is 2.07. The summed E-state index contributed by atoms with van der Waals surface area (Å²) in [6.45, 7) is 8.46. The molecular formula is C23H33N2O2+. The third-order valence-corrected chi connectivity index (χ3v) is 4.65. The zero-order chi connectivity index (χ0) is 19.5. The minimum atomic E-state index is -0.502. The van der Waals surface area contributed by atoms with Gasteiger partial charge < -0.3 is 19.3 Å². The van der Waals surface area contributed by atoms with Crippen molar-refractivity contribution in [3.05, 3.63) is 59.9 Å². The Morgan fingerprint density at radius 3 is 2.67 bits per heavy atom. The van der Waals surface area contributed by atoms with Crippen LogP contribution in [-0.4, -0.2) is 42.1 Å². The predicted molar refractivity (Wildman–Crippen MR) is 109 cm³/mol. The number of aromatic nitrogens is 1. The Bertz CT molecular complexity index is 688. The third kappa shape index (κ3) is 8.01. The van der Waals surface area contributed by atoms with Crippen molar-refractivity contribution in [2.45, 2.75) is 39.5 Å². The van der Waals surface area contributed by atoms with Crippen molar-refractivity contribution in [2.24, 2.45) is 5.92 Å². The molecule has 2 rings (SSSR count). The molecule has 0 amide bonds. The molecule has 27 heavy (non-hydrogen) atoms. The Kier molecular flexibility index (Phi) is 9.13. The summed E-state index contributed by atoms with van der Waals surface area (Å²) < 4.78 is 7.60. The summed E-state index contributed by atoms with van der Waals surface area (Å²) in [6, 6.07) is 14.8. The lowest BCUT2D eigenvalue weighted by atomic mass is 10.1. The molecule has 1 aromatic heterocycles. The minimum absolute atomic E-state index is 0.248. The van der Waals surface area contributed by atoms with Crippen molar-refractivity contribution in [3.8, 4) is 12.3 Å². The second-order valence-corrected chi connectivity index (χ2v) is 7.55. The lowest BCUT2D eigenvalue weighted by Gasteiger charge is -2.24. The number of terminal acetylenes is 1. The van der Waals surface area contributed by atoms with Crippen molar-refractivity contribution < 1.29 is 14.7 Å². The van der Waals surface area contributed by atoms with Gasteiger partial charge in [0.15, 0.2) is 0 Å². The quantitative estimate of drug-likeness (QED) is 0.444. The molecule has 2 aromatic rings. The van der Waals surface area contributed by atoms with Gasteiger partial charge in [-0.1, -0.05) is 50.1 Å². The van der Waals surface area contributed by atoms with Gasteiger partial charge in [-0.25, -0.2) is 0 Å². The topological polar surface area (TPSA) is 38.8 Å². The molecule has 146 valence electrons. The fourth-order valence-corrected chi connectivity index (χ4v) is 3.20. The van der Waals surface area contributed by atoms with Gasteiger partial charge in [0.25, 0.3) is 0 Å². The predicted octanol–water partition coefficient (Wildman–Crippen LogP) is 1.98. The van der Waals surface area contributed by atoms with Crippen molar-refractivity contribution in [1.29, 1.82) is 0 Å². The maximum atomic E-state index is 10.3. The van der Waals surface area contributed by atoms with E-state index in [1.165, 1.54) is 16.2 Å². The van der Waals surface area contributed by atoms with Crippen LogP contribution in [0.3, 0.4) is 0 Å². The highest BCUT2D eigenvalue weighted by atomic mass is 16.5. The normalized spacial score (nSPS) is 13.4. The minimum Gasteiger partial charge on any atom is -0.385 e. The molecule has 1 heterocycles. The first kappa shape index (κ1) is 21.2. The molecule has 4 heteroatoms. The first-order chi connectivity index (χ1) is 13.1. The fourth-order valence-electron chi connectivity index (χ4n) is 3.20. The Morgan fingerprint density at radius 1 is 1.19 bits per heavy atom. The average molecular weight is 370 g/mol. The van der Waals surface area contributed by atoms with E-state index in [1.54, 1.807) is 0 Å². The van der Waals surface area contributed by atoms with E-state index in [2.05, 4.69) is 66.9 Å². The maximum Gasteiger partial charge on any atom is 0.126 e.